The molecule has 2 aromatic carbocycles. The Morgan fingerprint density at radius 2 is 1.79 bits per heavy atom. The van der Waals surface area contributed by atoms with Crippen LogP contribution in [-0.4, -0.2) is 32.9 Å². The molecule has 2 N–H and O–H groups in total. The lowest BCUT2D eigenvalue weighted by Crippen LogP contribution is -2.50. The van der Waals surface area contributed by atoms with Crippen LogP contribution in [0.2, 0.25) is 0 Å². The number of aromatic amines is 1. The Hall–Kier alpha value is -3.08. The SMILES string of the molecule is CC(=O)N1[C@@H](c2ccc(C(C)C)cc2)c2[nH]c3ccccc3c2C[C@@H]1C(=O)O. The molecule has 5 nitrogen and oxygen atoms in total. The number of hydrogen-bond donors (Lipinski definition) is 2. The Balaban J connectivity index is 1.94. The van der Waals surface area contributed by atoms with Crippen molar-refractivity contribution in [3.63, 3.8) is 0 Å². The number of para-hydroxylation sites is 1. The predicted octanol–water partition coefficient (Wildman–Crippen LogP) is 4.24. The molecule has 3 aromatic rings. The molecule has 5 heteroatoms. The molecule has 144 valence electrons. The van der Waals surface area contributed by atoms with Gasteiger partial charge in [0.15, 0.2) is 0 Å². The molecule has 0 saturated carbocycles. The number of hydrogen-bond acceptors (Lipinski definition) is 2. The molecule has 0 radical (unpaired) electrons. The van der Waals surface area contributed by atoms with Gasteiger partial charge in [0.2, 0.25) is 5.91 Å². The van der Waals surface area contributed by atoms with E-state index in [0.29, 0.717) is 12.3 Å². The highest BCUT2D eigenvalue weighted by atomic mass is 16.4. The van der Waals surface area contributed by atoms with Crippen LogP contribution in [-0.2, 0) is 16.0 Å². The van der Waals surface area contributed by atoms with Gasteiger partial charge in [0.1, 0.15) is 6.04 Å². The molecule has 1 aliphatic heterocycles. The Kier molecular flexibility index (Phi) is 4.46. The van der Waals surface area contributed by atoms with Gasteiger partial charge < -0.3 is 15.0 Å². The third-order valence-corrected chi connectivity index (χ3v) is 5.70. The Morgan fingerprint density at radius 1 is 1.11 bits per heavy atom. The van der Waals surface area contributed by atoms with E-state index in [9.17, 15) is 14.7 Å². The zero-order valence-electron chi connectivity index (χ0n) is 16.3. The lowest BCUT2D eigenvalue weighted by molar-refractivity contribution is -0.151. The molecule has 1 aromatic heterocycles. The molecule has 0 bridgehead atoms. The van der Waals surface area contributed by atoms with E-state index in [0.717, 1.165) is 27.7 Å². The first-order valence-electron chi connectivity index (χ1n) is 9.59. The fourth-order valence-electron chi connectivity index (χ4n) is 4.28. The largest absolute Gasteiger partial charge is 0.480 e. The highest BCUT2D eigenvalue weighted by Gasteiger charge is 2.42. The fourth-order valence-corrected chi connectivity index (χ4v) is 4.28. The second-order valence-corrected chi connectivity index (χ2v) is 7.77. The highest BCUT2D eigenvalue weighted by molar-refractivity contribution is 5.90. The summed E-state index contributed by atoms with van der Waals surface area (Å²) < 4.78 is 0. The molecule has 0 unspecified atom stereocenters. The van der Waals surface area contributed by atoms with Crippen molar-refractivity contribution in [3.05, 3.63) is 70.9 Å². The molecule has 28 heavy (non-hydrogen) atoms. The molecular formula is C23H24N2O3. The third kappa shape index (κ3) is 2.87. The minimum absolute atomic E-state index is 0.241. The van der Waals surface area contributed by atoms with Gasteiger partial charge in [-0.3, -0.25) is 4.79 Å². The number of nitrogens with zero attached hydrogens (tertiary/aromatic N) is 1. The maximum atomic E-state index is 12.5. The van der Waals surface area contributed by atoms with Gasteiger partial charge in [-0.1, -0.05) is 56.3 Å². The first-order chi connectivity index (χ1) is 13.4. The van der Waals surface area contributed by atoms with Crippen molar-refractivity contribution in [1.29, 1.82) is 0 Å². The average Bonchev–Trinajstić information content (AvgIpc) is 3.04. The summed E-state index contributed by atoms with van der Waals surface area (Å²) in [4.78, 5) is 29.6. The summed E-state index contributed by atoms with van der Waals surface area (Å²) in [5.41, 5.74) is 4.98. The van der Waals surface area contributed by atoms with E-state index in [2.05, 4.69) is 31.0 Å². The van der Waals surface area contributed by atoms with E-state index in [1.807, 2.05) is 36.4 Å². The molecule has 0 spiro atoms. The molecule has 1 aliphatic rings. The van der Waals surface area contributed by atoms with E-state index in [-0.39, 0.29) is 5.91 Å². The number of aliphatic carboxylic acids is 1. The molecule has 2 heterocycles. The smallest absolute Gasteiger partial charge is 0.326 e. The monoisotopic (exact) mass is 376 g/mol. The molecule has 0 fully saturated rings. The predicted molar refractivity (Wildman–Crippen MR) is 108 cm³/mol. The second-order valence-electron chi connectivity index (χ2n) is 7.77. The lowest BCUT2D eigenvalue weighted by Gasteiger charge is -2.40. The summed E-state index contributed by atoms with van der Waals surface area (Å²) in [6.45, 7) is 5.71. The first-order valence-corrected chi connectivity index (χ1v) is 9.59. The Morgan fingerprint density at radius 3 is 2.39 bits per heavy atom. The maximum Gasteiger partial charge on any atom is 0.326 e. The van der Waals surface area contributed by atoms with Gasteiger partial charge in [-0.25, -0.2) is 4.79 Å². The van der Waals surface area contributed by atoms with Crippen molar-refractivity contribution < 1.29 is 14.7 Å². The summed E-state index contributed by atoms with van der Waals surface area (Å²) in [6, 6.07) is 14.7. The zero-order chi connectivity index (χ0) is 20.0. The van der Waals surface area contributed by atoms with Crippen molar-refractivity contribution in [2.24, 2.45) is 0 Å². The number of carboxylic acid groups (broad SMARTS) is 1. The van der Waals surface area contributed by atoms with Gasteiger partial charge in [-0.05, 0) is 28.7 Å². The van der Waals surface area contributed by atoms with Crippen LogP contribution in [0.4, 0.5) is 0 Å². The number of benzene rings is 2. The van der Waals surface area contributed by atoms with Crippen molar-refractivity contribution in [3.8, 4) is 0 Å². The Bertz CT molecular complexity index is 1050. The van der Waals surface area contributed by atoms with Crippen LogP contribution in [0.15, 0.2) is 48.5 Å². The number of amides is 1. The number of fused-ring (bicyclic) bond motifs is 3. The van der Waals surface area contributed by atoms with E-state index >= 15 is 0 Å². The van der Waals surface area contributed by atoms with Crippen molar-refractivity contribution in [2.45, 2.75) is 45.2 Å². The standard InChI is InChI=1S/C23H24N2O3/c1-13(2)15-8-10-16(11-9-15)22-21-18(17-6-4-5-7-19(17)24-21)12-20(23(27)28)25(22)14(3)26/h4-11,13,20,22,24H,12H2,1-3H3,(H,27,28)/t20-,22+/m1/s1. The topological polar surface area (TPSA) is 73.4 Å². The highest BCUT2D eigenvalue weighted by Crippen LogP contribution is 2.41. The van der Waals surface area contributed by atoms with Crippen LogP contribution >= 0.6 is 0 Å². The number of H-pyrrole nitrogens is 1. The van der Waals surface area contributed by atoms with Crippen LogP contribution in [0.5, 0.6) is 0 Å². The molecule has 0 aliphatic carbocycles. The van der Waals surface area contributed by atoms with Gasteiger partial charge in [0, 0.05) is 29.9 Å². The Labute approximate surface area is 164 Å². The zero-order valence-corrected chi connectivity index (χ0v) is 16.3. The quantitative estimate of drug-likeness (QED) is 0.718. The van der Waals surface area contributed by atoms with Crippen LogP contribution in [0.3, 0.4) is 0 Å². The van der Waals surface area contributed by atoms with E-state index < -0.39 is 18.1 Å². The number of carboxylic acids is 1. The summed E-state index contributed by atoms with van der Waals surface area (Å²) in [7, 11) is 0. The maximum absolute atomic E-state index is 12.5. The number of carbonyl (C=O) groups excluding carboxylic acids is 1. The first kappa shape index (κ1) is 18.3. The summed E-state index contributed by atoms with van der Waals surface area (Å²) in [6.07, 6.45) is 0.300. The summed E-state index contributed by atoms with van der Waals surface area (Å²) >= 11 is 0. The normalized spacial score (nSPS) is 19.1. The van der Waals surface area contributed by atoms with Crippen LogP contribution in [0, 0.1) is 0 Å². The summed E-state index contributed by atoms with van der Waals surface area (Å²) in [5, 5.41) is 10.9. The number of rotatable bonds is 3. The second kappa shape index (κ2) is 6.82. The number of nitrogens with one attached hydrogen (secondary N) is 1. The van der Waals surface area contributed by atoms with Gasteiger partial charge in [-0.2, -0.15) is 0 Å². The number of aromatic nitrogens is 1. The molecule has 0 saturated heterocycles. The minimum atomic E-state index is -0.977. The van der Waals surface area contributed by atoms with Crippen LogP contribution in [0.1, 0.15) is 55.1 Å². The van der Waals surface area contributed by atoms with Gasteiger partial charge in [0.05, 0.1) is 6.04 Å². The van der Waals surface area contributed by atoms with Gasteiger partial charge in [0.25, 0.3) is 0 Å². The van der Waals surface area contributed by atoms with E-state index in [1.54, 1.807) is 0 Å². The van der Waals surface area contributed by atoms with Crippen LogP contribution in [0.25, 0.3) is 10.9 Å². The molecule has 1 amide bonds. The van der Waals surface area contributed by atoms with Crippen molar-refractivity contribution in [2.75, 3.05) is 0 Å². The third-order valence-electron chi connectivity index (χ3n) is 5.70. The van der Waals surface area contributed by atoms with E-state index in [4.69, 9.17) is 0 Å². The van der Waals surface area contributed by atoms with Gasteiger partial charge >= 0.3 is 5.97 Å². The van der Waals surface area contributed by atoms with Crippen molar-refractivity contribution >= 4 is 22.8 Å². The minimum Gasteiger partial charge on any atom is -0.480 e. The average molecular weight is 376 g/mol. The van der Waals surface area contributed by atoms with E-state index in [1.165, 1.54) is 17.4 Å². The molecule has 4 rings (SSSR count). The molecular weight excluding hydrogens is 352 g/mol. The summed E-state index contributed by atoms with van der Waals surface area (Å²) in [5.74, 6) is -0.815. The number of carbonyl (C=O) groups is 2. The fraction of sp³-hybridized carbons (Fsp3) is 0.304. The molecule has 2 atom stereocenters. The van der Waals surface area contributed by atoms with Gasteiger partial charge in [-0.15, -0.1) is 0 Å². The van der Waals surface area contributed by atoms with Crippen molar-refractivity contribution in [1.82, 2.24) is 9.88 Å². The lowest BCUT2D eigenvalue weighted by atomic mass is 9.87. The van der Waals surface area contributed by atoms with Crippen LogP contribution < -0.4 is 0 Å².